The zero-order valence-electron chi connectivity index (χ0n) is 11.9. The molecule has 1 heterocycles. The third-order valence-corrected chi connectivity index (χ3v) is 4.22. The number of hydrogen-bond donors (Lipinski definition) is 0. The normalized spacial score (nSPS) is 15.0. The Kier molecular flexibility index (Phi) is 4.65. The molecule has 0 amide bonds. The Hall–Kier alpha value is -1.58. The third kappa shape index (κ3) is 3.42. The van der Waals surface area contributed by atoms with Crippen molar-refractivity contribution in [2.45, 2.75) is 12.8 Å². The van der Waals surface area contributed by atoms with Gasteiger partial charge in [0.15, 0.2) is 0 Å². The van der Waals surface area contributed by atoms with Crippen LogP contribution in [0, 0.1) is 5.82 Å². The largest absolute Gasteiger partial charge is 0.369 e. The summed E-state index contributed by atoms with van der Waals surface area (Å²) >= 11 is 11.9. The topological polar surface area (TPSA) is 15.6 Å². The van der Waals surface area contributed by atoms with Crippen molar-refractivity contribution in [1.29, 1.82) is 0 Å². The highest BCUT2D eigenvalue weighted by Crippen LogP contribution is 2.28. The van der Waals surface area contributed by atoms with Gasteiger partial charge in [0, 0.05) is 24.3 Å². The Balaban J connectivity index is 1.80. The van der Waals surface area contributed by atoms with Gasteiger partial charge >= 0.3 is 0 Å². The second-order valence-corrected chi connectivity index (χ2v) is 6.10. The zero-order chi connectivity index (χ0) is 15.5. The van der Waals surface area contributed by atoms with E-state index in [1.807, 2.05) is 12.1 Å². The van der Waals surface area contributed by atoms with Crippen molar-refractivity contribution in [2.24, 2.45) is 4.99 Å². The fourth-order valence-corrected chi connectivity index (χ4v) is 3.01. The van der Waals surface area contributed by atoms with Crippen LogP contribution in [0.3, 0.4) is 0 Å². The molecule has 0 N–H and O–H groups in total. The highest BCUT2D eigenvalue weighted by Gasteiger charge is 2.15. The Labute approximate surface area is 139 Å². The van der Waals surface area contributed by atoms with E-state index in [0.717, 1.165) is 25.9 Å². The molecule has 0 radical (unpaired) electrons. The molecule has 2 aromatic rings. The van der Waals surface area contributed by atoms with E-state index in [9.17, 15) is 4.39 Å². The first kappa shape index (κ1) is 15.3. The van der Waals surface area contributed by atoms with Crippen LogP contribution in [0.5, 0.6) is 0 Å². The van der Waals surface area contributed by atoms with E-state index in [-0.39, 0.29) is 5.82 Å². The predicted octanol–water partition coefficient (Wildman–Crippen LogP) is 5.48. The molecule has 22 heavy (non-hydrogen) atoms. The third-order valence-electron chi connectivity index (χ3n) is 3.68. The molecule has 0 saturated carbocycles. The lowest BCUT2D eigenvalue weighted by molar-refractivity contribution is 0.623. The lowest BCUT2D eigenvalue weighted by Gasteiger charge is -2.18. The molecular weight excluding hydrogens is 322 g/mol. The Bertz CT molecular complexity index is 710. The number of anilines is 1. The van der Waals surface area contributed by atoms with Crippen molar-refractivity contribution in [3.8, 4) is 0 Å². The molecule has 0 bridgehead atoms. The van der Waals surface area contributed by atoms with Crippen LogP contribution in [0.15, 0.2) is 41.4 Å². The number of halogens is 3. The molecule has 0 unspecified atom stereocenters. The van der Waals surface area contributed by atoms with Crippen LogP contribution in [-0.4, -0.2) is 19.3 Å². The molecule has 0 atom stereocenters. The molecule has 1 aliphatic rings. The fraction of sp³-hybridized carbons (Fsp3) is 0.235. The molecule has 1 fully saturated rings. The summed E-state index contributed by atoms with van der Waals surface area (Å²) in [5.74, 6) is -0.215. The molecular formula is C17H15Cl2FN2. The van der Waals surface area contributed by atoms with Crippen LogP contribution >= 0.6 is 23.2 Å². The van der Waals surface area contributed by atoms with Crippen LogP contribution in [0.25, 0.3) is 0 Å². The molecule has 1 aliphatic heterocycles. The van der Waals surface area contributed by atoms with Gasteiger partial charge in [-0.15, -0.1) is 0 Å². The standard InChI is InChI=1S/C17H15Cl2FN2/c18-13-4-5-16(14(19)10-13)21-11-12-3-6-17(15(20)9-12)22-7-1-2-8-22/h3-6,9-11H,1-2,7-8H2. The van der Waals surface area contributed by atoms with Crippen LogP contribution in [0.4, 0.5) is 15.8 Å². The van der Waals surface area contributed by atoms with E-state index in [1.54, 1.807) is 24.4 Å². The Morgan fingerprint density at radius 1 is 1.05 bits per heavy atom. The van der Waals surface area contributed by atoms with Crippen molar-refractivity contribution in [2.75, 3.05) is 18.0 Å². The first-order valence-electron chi connectivity index (χ1n) is 7.17. The average molecular weight is 337 g/mol. The summed E-state index contributed by atoms with van der Waals surface area (Å²) in [6.45, 7) is 1.84. The Morgan fingerprint density at radius 2 is 1.82 bits per heavy atom. The highest BCUT2D eigenvalue weighted by molar-refractivity contribution is 6.36. The zero-order valence-corrected chi connectivity index (χ0v) is 13.4. The van der Waals surface area contributed by atoms with E-state index in [1.165, 1.54) is 6.07 Å². The molecule has 2 aromatic carbocycles. The van der Waals surface area contributed by atoms with Crippen LogP contribution < -0.4 is 4.90 Å². The van der Waals surface area contributed by atoms with Gasteiger partial charge in [0.2, 0.25) is 0 Å². The maximum atomic E-state index is 14.2. The fourth-order valence-electron chi connectivity index (χ4n) is 2.55. The van der Waals surface area contributed by atoms with Gasteiger partial charge in [0.25, 0.3) is 0 Å². The minimum Gasteiger partial charge on any atom is -0.369 e. The molecule has 2 nitrogen and oxygen atoms in total. The maximum Gasteiger partial charge on any atom is 0.147 e. The summed E-state index contributed by atoms with van der Waals surface area (Å²) in [6, 6.07) is 10.3. The number of benzene rings is 2. The molecule has 1 saturated heterocycles. The molecule has 3 rings (SSSR count). The molecule has 114 valence electrons. The average Bonchev–Trinajstić information content (AvgIpc) is 3.00. The lowest BCUT2D eigenvalue weighted by Crippen LogP contribution is -2.18. The first-order valence-corrected chi connectivity index (χ1v) is 7.93. The summed E-state index contributed by atoms with van der Waals surface area (Å²) in [4.78, 5) is 6.37. The number of hydrogen-bond acceptors (Lipinski definition) is 2. The predicted molar refractivity (Wildman–Crippen MR) is 91.6 cm³/mol. The van der Waals surface area contributed by atoms with Crippen molar-refractivity contribution in [1.82, 2.24) is 0 Å². The number of nitrogens with zero attached hydrogens (tertiary/aromatic N) is 2. The van der Waals surface area contributed by atoms with Gasteiger partial charge in [0.1, 0.15) is 5.82 Å². The number of rotatable bonds is 3. The van der Waals surface area contributed by atoms with Crippen LogP contribution in [0.1, 0.15) is 18.4 Å². The van der Waals surface area contributed by atoms with E-state index >= 15 is 0 Å². The second kappa shape index (κ2) is 6.67. The van der Waals surface area contributed by atoms with Gasteiger partial charge in [-0.25, -0.2) is 4.39 Å². The van der Waals surface area contributed by atoms with Gasteiger partial charge < -0.3 is 4.90 Å². The number of aliphatic imine (C=N–C) groups is 1. The quantitative estimate of drug-likeness (QED) is 0.677. The minimum absolute atomic E-state index is 0.215. The summed E-state index contributed by atoms with van der Waals surface area (Å²) in [5.41, 5.74) is 1.97. The van der Waals surface area contributed by atoms with Gasteiger partial charge in [-0.1, -0.05) is 29.3 Å². The molecule has 0 aliphatic carbocycles. The maximum absolute atomic E-state index is 14.2. The first-order chi connectivity index (χ1) is 10.6. The van der Waals surface area contributed by atoms with Gasteiger partial charge in [-0.2, -0.15) is 0 Å². The highest BCUT2D eigenvalue weighted by atomic mass is 35.5. The molecule has 0 aromatic heterocycles. The summed E-state index contributed by atoms with van der Waals surface area (Å²) in [7, 11) is 0. The van der Waals surface area contributed by atoms with Crippen molar-refractivity contribution in [3.63, 3.8) is 0 Å². The molecule has 5 heteroatoms. The van der Waals surface area contributed by atoms with Gasteiger partial charge in [-0.3, -0.25) is 4.99 Å². The lowest BCUT2D eigenvalue weighted by atomic mass is 10.2. The van der Waals surface area contributed by atoms with Crippen LogP contribution in [0.2, 0.25) is 10.0 Å². The summed E-state index contributed by atoms with van der Waals surface area (Å²) in [5, 5.41) is 1.03. The van der Waals surface area contributed by atoms with Gasteiger partial charge in [0.05, 0.1) is 16.4 Å². The minimum atomic E-state index is -0.215. The SMILES string of the molecule is Fc1cc(C=Nc2ccc(Cl)cc2Cl)ccc1N1CCCC1. The second-order valence-electron chi connectivity index (χ2n) is 5.26. The monoisotopic (exact) mass is 336 g/mol. The van der Waals surface area contributed by atoms with E-state index in [0.29, 0.717) is 27.0 Å². The van der Waals surface area contributed by atoms with E-state index < -0.39 is 0 Å². The molecule has 0 spiro atoms. The van der Waals surface area contributed by atoms with Crippen LogP contribution in [-0.2, 0) is 0 Å². The van der Waals surface area contributed by atoms with E-state index in [4.69, 9.17) is 23.2 Å². The summed E-state index contributed by atoms with van der Waals surface area (Å²) < 4.78 is 14.2. The summed E-state index contributed by atoms with van der Waals surface area (Å²) in [6.07, 6.45) is 3.85. The van der Waals surface area contributed by atoms with Crippen molar-refractivity contribution < 1.29 is 4.39 Å². The Morgan fingerprint density at radius 3 is 2.50 bits per heavy atom. The van der Waals surface area contributed by atoms with Crippen molar-refractivity contribution in [3.05, 3.63) is 57.8 Å². The van der Waals surface area contributed by atoms with Crippen molar-refractivity contribution >= 4 is 40.8 Å². The van der Waals surface area contributed by atoms with Gasteiger partial charge in [-0.05, 0) is 48.7 Å². The smallest absolute Gasteiger partial charge is 0.147 e. The van der Waals surface area contributed by atoms with E-state index in [2.05, 4.69) is 9.89 Å².